The molecule has 1 unspecified atom stereocenters. The van der Waals surface area contributed by atoms with E-state index in [1.54, 1.807) is 16.8 Å². The van der Waals surface area contributed by atoms with Gasteiger partial charge in [-0.05, 0) is 17.0 Å². The summed E-state index contributed by atoms with van der Waals surface area (Å²) in [6.07, 6.45) is 0. The van der Waals surface area contributed by atoms with E-state index in [1.165, 1.54) is 0 Å². The number of urea groups is 1. The lowest BCUT2D eigenvalue weighted by Crippen LogP contribution is -2.47. The van der Waals surface area contributed by atoms with Crippen LogP contribution in [0.25, 0.3) is 0 Å². The van der Waals surface area contributed by atoms with Crippen molar-refractivity contribution in [3.05, 3.63) is 35.4 Å². The predicted molar refractivity (Wildman–Crippen MR) is 80.1 cm³/mol. The second-order valence-corrected chi connectivity index (χ2v) is 6.03. The third kappa shape index (κ3) is 3.35. The van der Waals surface area contributed by atoms with Crippen LogP contribution in [0.2, 0.25) is 0 Å². The molecule has 0 aromatic heterocycles. The Kier molecular flexibility index (Phi) is 4.50. The van der Waals surface area contributed by atoms with Crippen molar-refractivity contribution >= 4 is 12.0 Å². The number of nitrogens with zero attached hydrogens (tertiary/aromatic N) is 2. The van der Waals surface area contributed by atoms with Crippen LogP contribution in [0.3, 0.4) is 0 Å². The summed E-state index contributed by atoms with van der Waals surface area (Å²) in [5.74, 6) is -1.15. The Balaban J connectivity index is 2.21. The molecule has 0 saturated heterocycles. The lowest BCUT2D eigenvalue weighted by molar-refractivity contribution is -0.139. The standard InChI is InChI=1S/C16H22N2O3/c1-11(2)8-17(3)16(21)18-9-12-6-4-5-7-13(12)14(10-18)15(19)20/h4-7,11,14H,8-10H2,1-3H3,(H,19,20). The molecule has 1 aliphatic heterocycles. The normalized spacial score (nSPS) is 17.5. The van der Waals surface area contributed by atoms with Crippen molar-refractivity contribution in [2.75, 3.05) is 20.1 Å². The number of carbonyl (C=O) groups is 2. The largest absolute Gasteiger partial charge is 0.481 e. The van der Waals surface area contributed by atoms with Crippen molar-refractivity contribution in [3.63, 3.8) is 0 Å². The van der Waals surface area contributed by atoms with Crippen molar-refractivity contribution in [1.82, 2.24) is 9.80 Å². The molecular formula is C16H22N2O3. The summed E-state index contributed by atoms with van der Waals surface area (Å²) in [6, 6.07) is 7.35. The van der Waals surface area contributed by atoms with E-state index in [0.717, 1.165) is 11.1 Å². The van der Waals surface area contributed by atoms with Crippen molar-refractivity contribution in [2.45, 2.75) is 26.3 Å². The molecule has 5 nitrogen and oxygen atoms in total. The van der Waals surface area contributed by atoms with E-state index >= 15 is 0 Å². The zero-order chi connectivity index (χ0) is 15.6. The first-order valence-electron chi connectivity index (χ1n) is 7.20. The Labute approximate surface area is 125 Å². The maximum absolute atomic E-state index is 12.5. The van der Waals surface area contributed by atoms with Gasteiger partial charge in [-0.1, -0.05) is 38.1 Å². The molecule has 5 heteroatoms. The lowest BCUT2D eigenvalue weighted by Gasteiger charge is -2.35. The Morgan fingerprint density at radius 3 is 2.67 bits per heavy atom. The van der Waals surface area contributed by atoms with Gasteiger partial charge in [0.15, 0.2) is 0 Å². The number of hydrogen-bond donors (Lipinski definition) is 1. The molecule has 2 rings (SSSR count). The molecule has 114 valence electrons. The number of amides is 2. The van der Waals surface area contributed by atoms with Crippen LogP contribution < -0.4 is 0 Å². The monoisotopic (exact) mass is 290 g/mol. The average Bonchev–Trinajstić information content (AvgIpc) is 2.44. The van der Waals surface area contributed by atoms with Crippen molar-refractivity contribution in [1.29, 1.82) is 0 Å². The zero-order valence-electron chi connectivity index (χ0n) is 12.7. The van der Waals surface area contributed by atoms with Gasteiger partial charge in [-0.25, -0.2) is 4.79 Å². The van der Waals surface area contributed by atoms with Gasteiger partial charge in [-0.3, -0.25) is 4.79 Å². The number of carbonyl (C=O) groups excluding carboxylic acids is 1. The van der Waals surface area contributed by atoms with Crippen LogP contribution in [0, 0.1) is 5.92 Å². The van der Waals surface area contributed by atoms with Gasteiger partial charge in [0.25, 0.3) is 0 Å². The van der Waals surface area contributed by atoms with Gasteiger partial charge in [0.1, 0.15) is 0 Å². The number of aliphatic carboxylic acids is 1. The van der Waals surface area contributed by atoms with Crippen LogP contribution in [0.15, 0.2) is 24.3 Å². The summed E-state index contributed by atoms with van der Waals surface area (Å²) in [5, 5.41) is 9.42. The van der Waals surface area contributed by atoms with Crippen LogP contribution in [0.5, 0.6) is 0 Å². The van der Waals surface area contributed by atoms with E-state index in [9.17, 15) is 14.7 Å². The first-order valence-corrected chi connectivity index (χ1v) is 7.20. The summed E-state index contributed by atoms with van der Waals surface area (Å²) >= 11 is 0. The molecule has 0 fully saturated rings. The highest BCUT2D eigenvalue weighted by atomic mass is 16.4. The summed E-state index contributed by atoms with van der Waals surface area (Å²) in [4.78, 5) is 27.2. The summed E-state index contributed by atoms with van der Waals surface area (Å²) < 4.78 is 0. The lowest BCUT2D eigenvalue weighted by atomic mass is 9.90. The maximum atomic E-state index is 12.5. The summed E-state index contributed by atoms with van der Waals surface area (Å²) in [5.41, 5.74) is 1.74. The molecule has 1 N–H and O–H groups in total. The van der Waals surface area contributed by atoms with Gasteiger partial charge in [-0.2, -0.15) is 0 Å². The molecule has 1 aromatic carbocycles. The topological polar surface area (TPSA) is 60.9 Å². The van der Waals surface area contributed by atoms with E-state index in [-0.39, 0.29) is 12.6 Å². The quantitative estimate of drug-likeness (QED) is 0.929. The first-order chi connectivity index (χ1) is 9.90. The van der Waals surface area contributed by atoms with Crippen molar-refractivity contribution in [2.24, 2.45) is 5.92 Å². The smallest absolute Gasteiger partial charge is 0.320 e. The van der Waals surface area contributed by atoms with E-state index in [0.29, 0.717) is 19.0 Å². The molecule has 0 spiro atoms. The fraction of sp³-hybridized carbons (Fsp3) is 0.500. The maximum Gasteiger partial charge on any atom is 0.320 e. The van der Waals surface area contributed by atoms with Gasteiger partial charge >= 0.3 is 12.0 Å². The third-order valence-electron chi connectivity index (χ3n) is 3.73. The molecule has 0 saturated carbocycles. The van der Waals surface area contributed by atoms with Gasteiger partial charge in [-0.15, -0.1) is 0 Å². The fourth-order valence-corrected chi connectivity index (χ4v) is 2.83. The second kappa shape index (κ2) is 6.16. The first kappa shape index (κ1) is 15.4. The molecule has 0 radical (unpaired) electrons. The minimum absolute atomic E-state index is 0.107. The Bertz CT molecular complexity index is 542. The summed E-state index contributed by atoms with van der Waals surface area (Å²) in [7, 11) is 1.76. The Morgan fingerprint density at radius 1 is 1.38 bits per heavy atom. The third-order valence-corrected chi connectivity index (χ3v) is 3.73. The second-order valence-electron chi connectivity index (χ2n) is 6.03. The molecule has 0 aliphatic carbocycles. The highest BCUT2D eigenvalue weighted by molar-refractivity contribution is 5.80. The Morgan fingerprint density at radius 2 is 2.05 bits per heavy atom. The van der Waals surface area contributed by atoms with Crippen LogP contribution in [0.4, 0.5) is 4.79 Å². The van der Waals surface area contributed by atoms with Gasteiger partial charge in [0, 0.05) is 26.7 Å². The molecule has 1 atom stereocenters. The highest BCUT2D eigenvalue weighted by Crippen LogP contribution is 2.29. The highest BCUT2D eigenvalue weighted by Gasteiger charge is 2.33. The van der Waals surface area contributed by atoms with E-state index < -0.39 is 11.9 Å². The van der Waals surface area contributed by atoms with E-state index in [2.05, 4.69) is 13.8 Å². The SMILES string of the molecule is CC(C)CN(C)C(=O)N1Cc2ccccc2C(C(=O)O)C1. The van der Waals surface area contributed by atoms with E-state index in [1.807, 2.05) is 24.3 Å². The van der Waals surface area contributed by atoms with Gasteiger partial charge in [0.2, 0.25) is 0 Å². The van der Waals surface area contributed by atoms with Gasteiger partial charge in [0.05, 0.1) is 5.92 Å². The number of rotatable bonds is 3. The van der Waals surface area contributed by atoms with Crippen LogP contribution in [-0.4, -0.2) is 47.0 Å². The Hall–Kier alpha value is -2.04. The molecule has 21 heavy (non-hydrogen) atoms. The molecule has 2 amide bonds. The fourth-order valence-electron chi connectivity index (χ4n) is 2.83. The minimum Gasteiger partial charge on any atom is -0.481 e. The molecule has 0 bridgehead atoms. The van der Waals surface area contributed by atoms with Crippen LogP contribution in [-0.2, 0) is 11.3 Å². The molecule has 1 aliphatic rings. The number of benzene rings is 1. The van der Waals surface area contributed by atoms with Crippen LogP contribution >= 0.6 is 0 Å². The van der Waals surface area contributed by atoms with E-state index in [4.69, 9.17) is 0 Å². The summed E-state index contributed by atoms with van der Waals surface area (Å²) in [6.45, 7) is 5.47. The van der Waals surface area contributed by atoms with Gasteiger partial charge < -0.3 is 14.9 Å². The average molecular weight is 290 g/mol. The molecular weight excluding hydrogens is 268 g/mol. The minimum atomic E-state index is -0.883. The number of hydrogen-bond acceptors (Lipinski definition) is 2. The number of carboxylic acids is 1. The van der Waals surface area contributed by atoms with Crippen molar-refractivity contribution < 1.29 is 14.7 Å². The zero-order valence-corrected chi connectivity index (χ0v) is 12.7. The van der Waals surface area contributed by atoms with Crippen LogP contribution in [0.1, 0.15) is 30.9 Å². The predicted octanol–water partition coefficient (Wildman–Crippen LogP) is 2.38. The number of fused-ring (bicyclic) bond motifs is 1. The molecule has 1 aromatic rings. The molecule has 1 heterocycles. The number of carboxylic acid groups (broad SMARTS) is 1. The van der Waals surface area contributed by atoms with Crippen molar-refractivity contribution in [3.8, 4) is 0 Å².